The quantitative estimate of drug-likeness (QED) is 0.414. The van der Waals surface area contributed by atoms with E-state index >= 15 is 0 Å². The molecule has 0 unspecified atom stereocenters. The maximum absolute atomic E-state index is 13.6. The molecule has 0 aromatic heterocycles. The summed E-state index contributed by atoms with van der Waals surface area (Å²) in [6, 6.07) is 3.22. The molecule has 29 heavy (non-hydrogen) atoms. The van der Waals surface area contributed by atoms with Crippen molar-refractivity contribution in [3.63, 3.8) is 0 Å². The van der Waals surface area contributed by atoms with Gasteiger partial charge in [0.05, 0.1) is 4.92 Å². The molecule has 1 N–H and O–H groups in total. The second-order valence-corrected chi connectivity index (χ2v) is 10.9. The number of nitro groups is 1. The lowest BCUT2D eigenvalue weighted by atomic mass is 9.48. The second-order valence-electron chi connectivity index (χ2n) is 10.5. The molecule has 4 fully saturated rings. The number of hydrogen-bond acceptors (Lipinski definition) is 4. The highest BCUT2D eigenvalue weighted by Gasteiger charge is 2.54. The molecule has 5 nitrogen and oxygen atoms in total. The molecule has 5 aliphatic rings. The summed E-state index contributed by atoms with van der Waals surface area (Å²) in [4.78, 5) is 24.5. The number of allylic oxidation sites excluding steroid dienone is 1. The Morgan fingerprint density at radius 1 is 1.17 bits per heavy atom. The van der Waals surface area contributed by atoms with Gasteiger partial charge in [-0.1, -0.05) is 11.6 Å². The van der Waals surface area contributed by atoms with Crippen LogP contribution >= 0.6 is 11.6 Å². The van der Waals surface area contributed by atoms with E-state index in [9.17, 15) is 14.9 Å². The SMILES string of the molecule is CC1(C)Cc2cc(Cl)c([N+](=O)[O-])cc2/C(=C/C(=O)C23CC4CC(CC(C4)C2)C3)N1. The Bertz CT molecular complexity index is 914. The van der Waals surface area contributed by atoms with E-state index in [0.29, 0.717) is 29.9 Å². The second kappa shape index (κ2) is 6.31. The highest BCUT2D eigenvalue weighted by Crippen LogP contribution is 2.60. The van der Waals surface area contributed by atoms with Gasteiger partial charge in [0.2, 0.25) is 0 Å². The maximum Gasteiger partial charge on any atom is 0.288 e. The van der Waals surface area contributed by atoms with Crippen molar-refractivity contribution in [3.05, 3.63) is 44.5 Å². The van der Waals surface area contributed by atoms with E-state index in [1.54, 1.807) is 12.1 Å². The van der Waals surface area contributed by atoms with Gasteiger partial charge in [0.15, 0.2) is 5.78 Å². The van der Waals surface area contributed by atoms with Crippen LogP contribution in [0.5, 0.6) is 0 Å². The third-order valence-electron chi connectivity index (χ3n) is 7.60. The number of nitro benzene ring substituents is 1. The number of ketones is 1. The lowest BCUT2D eigenvalue weighted by molar-refractivity contribution is -0.384. The zero-order valence-corrected chi connectivity index (χ0v) is 17.7. The van der Waals surface area contributed by atoms with E-state index in [2.05, 4.69) is 19.2 Å². The first-order valence-electron chi connectivity index (χ1n) is 10.7. The summed E-state index contributed by atoms with van der Waals surface area (Å²) in [7, 11) is 0. The molecule has 0 amide bonds. The van der Waals surface area contributed by atoms with Gasteiger partial charge >= 0.3 is 0 Å². The van der Waals surface area contributed by atoms with E-state index in [-0.39, 0.29) is 27.4 Å². The van der Waals surface area contributed by atoms with Crippen molar-refractivity contribution in [2.24, 2.45) is 23.2 Å². The molecule has 0 radical (unpaired) electrons. The van der Waals surface area contributed by atoms with Crippen LogP contribution in [-0.2, 0) is 11.2 Å². The van der Waals surface area contributed by atoms with E-state index in [4.69, 9.17) is 11.6 Å². The van der Waals surface area contributed by atoms with Crippen molar-refractivity contribution in [3.8, 4) is 0 Å². The first kappa shape index (κ1) is 19.1. The smallest absolute Gasteiger partial charge is 0.288 e. The third kappa shape index (κ3) is 3.18. The number of nitrogens with one attached hydrogen (secondary N) is 1. The van der Waals surface area contributed by atoms with Gasteiger partial charge in [-0.05, 0) is 88.2 Å². The standard InChI is InChI=1S/C23H27ClN2O3/c1-22(2)12-16-6-18(24)20(26(28)29)7-17(16)19(25-22)8-21(27)23-9-13-3-14(10-23)5-15(4-13)11-23/h6-8,13-15,25H,3-5,9-12H2,1-2H3/b19-8-. The van der Waals surface area contributed by atoms with Crippen molar-refractivity contribution in [1.29, 1.82) is 0 Å². The molecule has 0 spiro atoms. The van der Waals surface area contributed by atoms with Crippen LogP contribution in [0, 0.1) is 33.3 Å². The zero-order chi connectivity index (χ0) is 20.6. The first-order valence-corrected chi connectivity index (χ1v) is 11.0. The fraction of sp³-hybridized carbons (Fsp3) is 0.609. The van der Waals surface area contributed by atoms with Crippen molar-refractivity contribution in [2.45, 2.75) is 64.3 Å². The zero-order valence-electron chi connectivity index (χ0n) is 17.0. The predicted molar refractivity (Wildman–Crippen MR) is 113 cm³/mol. The number of halogens is 1. The molecule has 1 heterocycles. The topological polar surface area (TPSA) is 72.2 Å². The summed E-state index contributed by atoms with van der Waals surface area (Å²) in [6.07, 6.45) is 9.37. The van der Waals surface area contributed by atoms with Crippen LogP contribution in [0.15, 0.2) is 18.2 Å². The Morgan fingerprint density at radius 3 is 2.31 bits per heavy atom. The molecule has 1 aromatic rings. The van der Waals surface area contributed by atoms with Gasteiger partial charge < -0.3 is 5.32 Å². The van der Waals surface area contributed by atoms with Crippen molar-refractivity contribution in [1.82, 2.24) is 5.32 Å². The predicted octanol–water partition coefficient (Wildman–Crippen LogP) is 5.30. The molecule has 1 aliphatic heterocycles. The summed E-state index contributed by atoms with van der Waals surface area (Å²) in [6.45, 7) is 4.16. The normalized spacial score (nSPS) is 35.3. The van der Waals surface area contributed by atoms with Gasteiger partial charge in [0, 0.05) is 34.4 Å². The number of benzene rings is 1. The van der Waals surface area contributed by atoms with Gasteiger partial charge in [-0.3, -0.25) is 14.9 Å². The Labute approximate surface area is 176 Å². The van der Waals surface area contributed by atoms with Crippen LogP contribution in [0.1, 0.15) is 63.5 Å². The van der Waals surface area contributed by atoms with Gasteiger partial charge in [-0.2, -0.15) is 0 Å². The largest absolute Gasteiger partial charge is 0.379 e. The number of carbonyl (C=O) groups excluding carboxylic acids is 1. The fourth-order valence-corrected chi connectivity index (χ4v) is 7.16. The average molecular weight is 415 g/mol. The van der Waals surface area contributed by atoms with Crippen molar-refractivity contribution >= 4 is 28.8 Å². The van der Waals surface area contributed by atoms with Gasteiger partial charge in [0.1, 0.15) is 5.02 Å². The fourth-order valence-electron chi connectivity index (χ4n) is 6.90. The number of rotatable bonds is 3. The molecule has 4 saturated carbocycles. The molecular formula is C23H27ClN2O3. The van der Waals surface area contributed by atoms with Crippen LogP contribution in [0.2, 0.25) is 5.02 Å². The van der Waals surface area contributed by atoms with Crippen LogP contribution in [0.25, 0.3) is 5.70 Å². The van der Waals surface area contributed by atoms with E-state index < -0.39 is 4.92 Å². The number of fused-ring (bicyclic) bond motifs is 1. The molecule has 0 saturated heterocycles. The molecule has 4 bridgehead atoms. The number of hydrogen-bond donors (Lipinski definition) is 1. The Hall–Kier alpha value is -1.88. The Balaban J connectivity index is 1.55. The summed E-state index contributed by atoms with van der Waals surface area (Å²) >= 11 is 6.17. The minimum absolute atomic E-state index is 0.111. The summed E-state index contributed by atoms with van der Waals surface area (Å²) in [5, 5.41) is 15.0. The summed E-state index contributed by atoms with van der Waals surface area (Å²) in [5.74, 6) is 2.31. The van der Waals surface area contributed by atoms with Gasteiger partial charge in [-0.25, -0.2) is 0 Å². The van der Waals surface area contributed by atoms with E-state index in [1.807, 2.05) is 0 Å². The van der Waals surface area contributed by atoms with Crippen molar-refractivity contribution in [2.75, 3.05) is 0 Å². The van der Waals surface area contributed by atoms with Gasteiger partial charge in [0.25, 0.3) is 5.69 Å². The molecular weight excluding hydrogens is 388 g/mol. The highest BCUT2D eigenvalue weighted by molar-refractivity contribution is 6.32. The van der Waals surface area contributed by atoms with E-state index in [0.717, 1.165) is 30.4 Å². The summed E-state index contributed by atoms with van der Waals surface area (Å²) in [5.41, 5.74) is 1.81. The molecule has 4 aliphatic carbocycles. The highest BCUT2D eigenvalue weighted by atomic mass is 35.5. The molecule has 1 aromatic carbocycles. The van der Waals surface area contributed by atoms with Crippen LogP contribution in [0.4, 0.5) is 5.69 Å². The lowest BCUT2D eigenvalue weighted by Gasteiger charge is -2.55. The average Bonchev–Trinajstić information content (AvgIpc) is 2.58. The van der Waals surface area contributed by atoms with E-state index in [1.165, 1.54) is 25.3 Å². The Morgan fingerprint density at radius 2 is 1.76 bits per heavy atom. The Kier molecular flexibility index (Phi) is 4.16. The lowest BCUT2D eigenvalue weighted by Crippen LogP contribution is -2.50. The first-order chi connectivity index (χ1) is 13.6. The van der Waals surface area contributed by atoms with Crippen LogP contribution in [-0.4, -0.2) is 16.2 Å². The molecule has 154 valence electrons. The minimum atomic E-state index is -0.457. The number of nitrogens with zero attached hydrogens (tertiary/aromatic N) is 1. The minimum Gasteiger partial charge on any atom is -0.379 e. The maximum atomic E-state index is 13.6. The molecule has 6 rings (SSSR count). The molecule has 6 heteroatoms. The van der Waals surface area contributed by atoms with Gasteiger partial charge in [-0.15, -0.1) is 0 Å². The third-order valence-corrected chi connectivity index (χ3v) is 7.90. The summed E-state index contributed by atoms with van der Waals surface area (Å²) < 4.78 is 0. The van der Waals surface area contributed by atoms with Crippen LogP contribution < -0.4 is 5.32 Å². The monoisotopic (exact) mass is 414 g/mol. The number of carbonyl (C=O) groups is 1. The van der Waals surface area contributed by atoms with Crippen LogP contribution in [0.3, 0.4) is 0 Å². The van der Waals surface area contributed by atoms with Crippen molar-refractivity contribution < 1.29 is 9.72 Å². The molecule has 0 atom stereocenters.